The number of hydrogen-bond acceptors (Lipinski definition) is 3. The van der Waals surface area contributed by atoms with Crippen molar-refractivity contribution < 1.29 is 22.0 Å². The number of carbonyl (C=O) groups is 1. The van der Waals surface area contributed by atoms with Crippen LogP contribution in [0.15, 0.2) is 23.1 Å². The topological polar surface area (TPSA) is 57.7 Å². The third-order valence-electron chi connectivity index (χ3n) is 3.57. The molecule has 0 aliphatic carbocycles. The highest BCUT2D eigenvalue weighted by molar-refractivity contribution is 7.89. The first-order chi connectivity index (χ1) is 10.4. The van der Waals surface area contributed by atoms with Crippen molar-refractivity contribution in [1.29, 1.82) is 0 Å². The van der Waals surface area contributed by atoms with Gasteiger partial charge < -0.3 is 4.90 Å². The first-order valence-corrected chi connectivity index (χ1v) is 8.53. The molecule has 122 valence electrons. The third kappa shape index (κ3) is 3.44. The van der Waals surface area contributed by atoms with Gasteiger partial charge in [0.05, 0.1) is 0 Å². The van der Waals surface area contributed by atoms with Crippen LogP contribution < -0.4 is 0 Å². The Kier molecular flexibility index (Phi) is 5.12. The number of amides is 1. The van der Waals surface area contributed by atoms with Crippen molar-refractivity contribution in [2.24, 2.45) is 0 Å². The molecule has 0 spiro atoms. The maximum absolute atomic E-state index is 13.7. The standard InChI is InChI=1S/C14H18F2N2O3S/c1-2-3-14(19)17-6-8-18(9-7-17)22(20,21)13-5-4-11(15)10-12(13)16/h4-5,10H,2-3,6-9H2,1H3. The second-order valence-electron chi connectivity index (χ2n) is 5.11. The Morgan fingerprint density at radius 1 is 1.18 bits per heavy atom. The molecular formula is C14H18F2N2O3S. The quantitative estimate of drug-likeness (QED) is 0.841. The van der Waals surface area contributed by atoms with Crippen LogP contribution in [0.25, 0.3) is 0 Å². The number of sulfonamides is 1. The van der Waals surface area contributed by atoms with E-state index >= 15 is 0 Å². The molecule has 0 saturated carbocycles. The Bertz CT molecular complexity index is 656. The van der Waals surface area contributed by atoms with Gasteiger partial charge in [-0.05, 0) is 18.6 Å². The van der Waals surface area contributed by atoms with E-state index in [1.54, 1.807) is 4.90 Å². The normalized spacial score (nSPS) is 16.8. The Balaban J connectivity index is 2.11. The number of rotatable bonds is 4. The highest BCUT2D eigenvalue weighted by Gasteiger charge is 2.31. The zero-order valence-electron chi connectivity index (χ0n) is 12.3. The van der Waals surface area contributed by atoms with Gasteiger partial charge in [-0.1, -0.05) is 6.92 Å². The van der Waals surface area contributed by atoms with E-state index in [2.05, 4.69) is 0 Å². The van der Waals surface area contributed by atoms with Crippen LogP contribution >= 0.6 is 0 Å². The van der Waals surface area contributed by atoms with Crippen LogP contribution in [-0.4, -0.2) is 49.7 Å². The van der Waals surface area contributed by atoms with Gasteiger partial charge in [0.15, 0.2) is 0 Å². The lowest BCUT2D eigenvalue weighted by Crippen LogP contribution is -2.50. The molecule has 1 saturated heterocycles. The van der Waals surface area contributed by atoms with Crippen LogP contribution in [0, 0.1) is 11.6 Å². The largest absolute Gasteiger partial charge is 0.340 e. The maximum Gasteiger partial charge on any atom is 0.246 e. The summed E-state index contributed by atoms with van der Waals surface area (Å²) in [6.07, 6.45) is 1.16. The molecule has 0 aromatic heterocycles. The summed E-state index contributed by atoms with van der Waals surface area (Å²) < 4.78 is 52.5. The van der Waals surface area contributed by atoms with Gasteiger partial charge in [-0.25, -0.2) is 17.2 Å². The summed E-state index contributed by atoms with van der Waals surface area (Å²) in [7, 11) is -4.02. The van der Waals surface area contributed by atoms with E-state index in [1.165, 1.54) is 0 Å². The van der Waals surface area contributed by atoms with Crippen molar-refractivity contribution >= 4 is 15.9 Å². The van der Waals surface area contributed by atoms with E-state index < -0.39 is 26.6 Å². The summed E-state index contributed by atoms with van der Waals surface area (Å²) in [5.41, 5.74) is 0. The Morgan fingerprint density at radius 3 is 2.36 bits per heavy atom. The molecule has 0 N–H and O–H groups in total. The van der Waals surface area contributed by atoms with Gasteiger partial charge in [0.2, 0.25) is 15.9 Å². The number of piperazine rings is 1. The van der Waals surface area contributed by atoms with Crippen LogP contribution in [-0.2, 0) is 14.8 Å². The van der Waals surface area contributed by atoms with Gasteiger partial charge in [-0.2, -0.15) is 4.31 Å². The fraction of sp³-hybridized carbons (Fsp3) is 0.500. The zero-order chi connectivity index (χ0) is 16.3. The molecule has 1 aliphatic heterocycles. The van der Waals surface area contributed by atoms with Crippen LogP contribution in [0.2, 0.25) is 0 Å². The molecule has 22 heavy (non-hydrogen) atoms. The molecular weight excluding hydrogens is 314 g/mol. The van der Waals surface area contributed by atoms with E-state index in [-0.39, 0.29) is 32.1 Å². The molecule has 0 radical (unpaired) electrons. The van der Waals surface area contributed by atoms with Crippen LogP contribution in [0.3, 0.4) is 0 Å². The second kappa shape index (κ2) is 6.70. The second-order valence-corrected chi connectivity index (χ2v) is 7.02. The van der Waals surface area contributed by atoms with E-state index in [4.69, 9.17) is 0 Å². The number of benzene rings is 1. The lowest BCUT2D eigenvalue weighted by Gasteiger charge is -2.34. The fourth-order valence-electron chi connectivity index (χ4n) is 2.37. The molecule has 0 bridgehead atoms. The van der Waals surface area contributed by atoms with Crippen LogP contribution in [0.1, 0.15) is 19.8 Å². The lowest BCUT2D eigenvalue weighted by atomic mass is 10.2. The average molecular weight is 332 g/mol. The highest BCUT2D eigenvalue weighted by atomic mass is 32.2. The summed E-state index contributed by atoms with van der Waals surface area (Å²) in [4.78, 5) is 12.8. The average Bonchev–Trinajstić information content (AvgIpc) is 2.47. The molecule has 8 heteroatoms. The number of hydrogen-bond donors (Lipinski definition) is 0. The number of carbonyl (C=O) groups excluding carboxylic acids is 1. The van der Waals surface area contributed by atoms with E-state index in [9.17, 15) is 22.0 Å². The minimum atomic E-state index is -4.02. The fourth-order valence-corrected chi connectivity index (χ4v) is 3.84. The van der Waals surface area contributed by atoms with Crippen molar-refractivity contribution in [2.45, 2.75) is 24.7 Å². The molecule has 1 aromatic rings. The predicted molar refractivity (Wildman–Crippen MR) is 76.6 cm³/mol. The predicted octanol–water partition coefficient (Wildman–Crippen LogP) is 1.60. The Morgan fingerprint density at radius 2 is 1.82 bits per heavy atom. The number of nitrogens with zero attached hydrogens (tertiary/aromatic N) is 2. The minimum absolute atomic E-state index is 0.00693. The first-order valence-electron chi connectivity index (χ1n) is 7.09. The molecule has 1 aliphatic rings. The molecule has 0 unspecified atom stereocenters. The minimum Gasteiger partial charge on any atom is -0.340 e. The summed E-state index contributed by atoms with van der Waals surface area (Å²) in [6.45, 7) is 2.67. The van der Waals surface area contributed by atoms with Crippen molar-refractivity contribution in [3.8, 4) is 0 Å². The van der Waals surface area contributed by atoms with E-state index in [0.717, 1.165) is 22.9 Å². The van der Waals surface area contributed by atoms with Gasteiger partial charge in [0.1, 0.15) is 16.5 Å². The molecule has 1 fully saturated rings. The maximum atomic E-state index is 13.7. The van der Waals surface area contributed by atoms with Crippen LogP contribution in [0.4, 0.5) is 8.78 Å². The van der Waals surface area contributed by atoms with Gasteiger partial charge in [0, 0.05) is 38.7 Å². The molecule has 0 atom stereocenters. The SMILES string of the molecule is CCCC(=O)N1CCN(S(=O)(=O)c2ccc(F)cc2F)CC1. The Hall–Kier alpha value is -1.54. The molecule has 1 heterocycles. The molecule has 1 aromatic carbocycles. The molecule has 1 amide bonds. The summed E-state index contributed by atoms with van der Waals surface area (Å²) in [6, 6.07) is 2.39. The van der Waals surface area contributed by atoms with E-state index in [1.807, 2.05) is 6.92 Å². The van der Waals surface area contributed by atoms with E-state index in [0.29, 0.717) is 12.5 Å². The van der Waals surface area contributed by atoms with Crippen molar-refractivity contribution in [2.75, 3.05) is 26.2 Å². The molecule has 2 rings (SSSR count). The van der Waals surface area contributed by atoms with Crippen LogP contribution in [0.5, 0.6) is 0 Å². The molecule has 5 nitrogen and oxygen atoms in total. The summed E-state index contributed by atoms with van der Waals surface area (Å²) in [5.74, 6) is -1.94. The van der Waals surface area contributed by atoms with Gasteiger partial charge in [0.25, 0.3) is 0 Å². The lowest BCUT2D eigenvalue weighted by molar-refractivity contribution is -0.132. The van der Waals surface area contributed by atoms with Crippen molar-refractivity contribution in [1.82, 2.24) is 9.21 Å². The first kappa shape index (κ1) is 16.8. The highest BCUT2D eigenvalue weighted by Crippen LogP contribution is 2.21. The third-order valence-corrected chi connectivity index (χ3v) is 5.50. The zero-order valence-corrected chi connectivity index (χ0v) is 13.1. The van der Waals surface area contributed by atoms with Crippen molar-refractivity contribution in [3.05, 3.63) is 29.8 Å². The van der Waals surface area contributed by atoms with Gasteiger partial charge >= 0.3 is 0 Å². The smallest absolute Gasteiger partial charge is 0.246 e. The summed E-state index contributed by atoms with van der Waals surface area (Å²) >= 11 is 0. The monoisotopic (exact) mass is 332 g/mol. The summed E-state index contributed by atoms with van der Waals surface area (Å²) in [5, 5.41) is 0. The number of halogens is 2. The van der Waals surface area contributed by atoms with Gasteiger partial charge in [-0.3, -0.25) is 4.79 Å². The van der Waals surface area contributed by atoms with Gasteiger partial charge in [-0.15, -0.1) is 0 Å². The Labute approximate surface area is 128 Å². The van der Waals surface area contributed by atoms with Crippen molar-refractivity contribution in [3.63, 3.8) is 0 Å².